The molecule has 1 aliphatic rings. The predicted octanol–water partition coefficient (Wildman–Crippen LogP) is 1.04. The van der Waals surface area contributed by atoms with Crippen LogP contribution in [-0.4, -0.2) is 65.7 Å². The monoisotopic (exact) mass is 376 g/mol. The zero-order valence-electron chi connectivity index (χ0n) is 15.8. The van der Waals surface area contributed by atoms with E-state index in [1.165, 1.54) is 0 Å². The lowest BCUT2D eigenvalue weighted by atomic mass is 10.3. The van der Waals surface area contributed by atoms with Crippen molar-refractivity contribution in [2.75, 3.05) is 36.0 Å². The van der Waals surface area contributed by atoms with E-state index in [1.54, 1.807) is 15.4 Å². The summed E-state index contributed by atoms with van der Waals surface area (Å²) < 4.78 is 3.54. The second-order valence-electron chi connectivity index (χ2n) is 6.77. The molecule has 0 bridgehead atoms. The lowest BCUT2D eigenvalue weighted by Crippen LogP contribution is -2.47. The maximum absolute atomic E-state index is 4.68. The van der Waals surface area contributed by atoms with E-state index in [0.717, 1.165) is 60.9 Å². The van der Waals surface area contributed by atoms with E-state index in [-0.39, 0.29) is 0 Å². The quantitative estimate of drug-likeness (QED) is 0.524. The molecule has 0 unspecified atom stereocenters. The van der Waals surface area contributed by atoms with Gasteiger partial charge in [0.25, 0.3) is 0 Å². The molecule has 0 atom stereocenters. The van der Waals surface area contributed by atoms with E-state index in [9.17, 15) is 0 Å². The van der Waals surface area contributed by atoms with E-state index >= 15 is 0 Å². The van der Waals surface area contributed by atoms with Crippen LogP contribution in [0.2, 0.25) is 0 Å². The Bertz CT molecular complexity index is 1110. The first-order chi connectivity index (χ1) is 13.7. The molecule has 0 radical (unpaired) electrons. The number of hydrogen-bond donors (Lipinski definition) is 0. The minimum atomic E-state index is 0.737. The number of piperazine rings is 1. The Kier molecular flexibility index (Phi) is 3.89. The largest absolute Gasteiger partial charge is 0.353 e. The third-order valence-electron chi connectivity index (χ3n) is 4.88. The summed E-state index contributed by atoms with van der Waals surface area (Å²) in [5.41, 5.74) is 0.766. The van der Waals surface area contributed by atoms with E-state index in [1.807, 2.05) is 44.3 Å². The minimum absolute atomic E-state index is 0.737. The number of aromatic nitrogens is 8. The van der Waals surface area contributed by atoms with Crippen molar-refractivity contribution < 1.29 is 0 Å². The van der Waals surface area contributed by atoms with Crippen molar-refractivity contribution in [3.05, 3.63) is 48.3 Å². The minimum Gasteiger partial charge on any atom is -0.353 e. The molecule has 1 saturated heterocycles. The molecule has 1 aliphatic heterocycles. The van der Waals surface area contributed by atoms with Crippen molar-refractivity contribution in [3.8, 4) is 5.82 Å². The van der Waals surface area contributed by atoms with Crippen LogP contribution in [0.4, 0.5) is 11.6 Å². The van der Waals surface area contributed by atoms with Crippen LogP contribution in [0.1, 0.15) is 11.6 Å². The number of nitrogens with zero attached hydrogens (tertiary/aromatic N) is 10. The van der Waals surface area contributed by atoms with E-state index in [2.05, 4.69) is 40.2 Å². The number of fused-ring (bicyclic) bond motifs is 1. The van der Waals surface area contributed by atoms with E-state index < -0.39 is 0 Å². The van der Waals surface area contributed by atoms with E-state index in [4.69, 9.17) is 0 Å². The molecule has 10 heteroatoms. The average molecular weight is 376 g/mol. The van der Waals surface area contributed by atoms with Gasteiger partial charge in [0, 0.05) is 44.6 Å². The van der Waals surface area contributed by atoms with Crippen LogP contribution in [0.5, 0.6) is 0 Å². The molecule has 0 N–H and O–H groups in total. The Labute approximate surface area is 161 Å². The number of anilines is 2. The Balaban J connectivity index is 1.35. The normalized spacial score (nSPS) is 14.8. The second kappa shape index (κ2) is 6.55. The summed E-state index contributed by atoms with van der Waals surface area (Å²) >= 11 is 0. The molecular formula is C18H20N10. The third-order valence-corrected chi connectivity index (χ3v) is 4.88. The summed E-state index contributed by atoms with van der Waals surface area (Å²) in [6.45, 7) is 7.25. The van der Waals surface area contributed by atoms with Crippen LogP contribution in [0.15, 0.2) is 36.7 Å². The van der Waals surface area contributed by atoms with Crippen LogP contribution in [0.3, 0.4) is 0 Å². The first-order valence-corrected chi connectivity index (χ1v) is 9.22. The molecule has 4 aromatic heterocycles. The molecule has 0 aliphatic carbocycles. The highest BCUT2D eigenvalue weighted by Crippen LogP contribution is 2.20. The average Bonchev–Trinajstić information content (AvgIpc) is 3.38. The highest BCUT2D eigenvalue weighted by atomic mass is 15.4. The topological polar surface area (TPSA) is 93.2 Å². The smallest absolute Gasteiger partial charge is 0.178 e. The number of aryl methyl sites for hydroxylation is 2. The molecule has 5 rings (SSSR count). The van der Waals surface area contributed by atoms with Gasteiger partial charge in [-0.25, -0.2) is 14.6 Å². The Morgan fingerprint density at radius 1 is 0.857 bits per heavy atom. The summed E-state index contributed by atoms with van der Waals surface area (Å²) in [5, 5.41) is 17.1. The van der Waals surface area contributed by atoms with Gasteiger partial charge in [-0.05, 0) is 32.0 Å². The van der Waals surface area contributed by atoms with Gasteiger partial charge in [0.2, 0.25) is 0 Å². The van der Waals surface area contributed by atoms with Crippen molar-refractivity contribution in [1.29, 1.82) is 0 Å². The fourth-order valence-electron chi connectivity index (χ4n) is 3.44. The van der Waals surface area contributed by atoms with Crippen molar-refractivity contribution in [2.24, 2.45) is 0 Å². The summed E-state index contributed by atoms with van der Waals surface area (Å²) in [7, 11) is 0. The van der Waals surface area contributed by atoms with Crippen LogP contribution in [0, 0.1) is 13.8 Å². The summed E-state index contributed by atoms with van der Waals surface area (Å²) in [5.74, 6) is 4.17. The summed E-state index contributed by atoms with van der Waals surface area (Å²) in [6.07, 6.45) is 3.63. The van der Waals surface area contributed by atoms with Gasteiger partial charge < -0.3 is 9.80 Å². The van der Waals surface area contributed by atoms with Crippen molar-refractivity contribution in [1.82, 2.24) is 39.6 Å². The van der Waals surface area contributed by atoms with Crippen LogP contribution >= 0.6 is 0 Å². The summed E-state index contributed by atoms with van der Waals surface area (Å²) in [6, 6.07) is 7.83. The summed E-state index contributed by atoms with van der Waals surface area (Å²) in [4.78, 5) is 13.7. The third kappa shape index (κ3) is 2.92. The van der Waals surface area contributed by atoms with Crippen molar-refractivity contribution >= 4 is 17.3 Å². The lowest BCUT2D eigenvalue weighted by molar-refractivity contribution is 0.633. The Morgan fingerprint density at radius 2 is 1.61 bits per heavy atom. The predicted molar refractivity (Wildman–Crippen MR) is 104 cm³/mol. The maximum Gasteiger partial charge on any atom is 0.178 e. The van der Waals surface area contributed by atoms with Gasteiger partial charge in [-0.3, -0.25) is 0 Å². The molecule has 5 heterocycles. The highest BCUT2D eigenvalue weighted by Gasteiger charge is 2.21. The highest BCUT2D eigenvalue weighted by molar-refractivity contribution is 5.49. The molecule has 0 amide bonds. The fourth-order valence-corrected chi connectivity index (χ4v) is 3.44. The molecule has 0 aromatic carbocycles. The molecule has 28 heavy (non-hydrogen) atoms. The second-order valence-corrected chi connectivity index (χ2v) is 6.77. The van der Waals surface area contributed by atoms with Crippen molar-refractivity contribution in [3.63, 3.8) is 0 Å². The zero-order chi connectivity index (χ0) is 19.1. The van der Waals surface area contributed by atoms with Crippen LogP contribution < -0.4 is 9.80 Å². The Morgan fingerprint density at radius 3 is 2.36 bits per heavy atom. The van der Waals surface area contributed by atoms with E-state index in [0.29, 0.717) is 0 Å². The Hall–Kier alpha value is -3.56. The van der Waals surface area contributed by atoms with Gasteiger partial charge in [0.15, 0.2) is 17.3 Å². The standard InChI is InChI=1S/C18H20N10/c1-13-20-17(12-18(21-13)27-7-3-6-19-27)26-10-8-25(9-11-26)16-5-4-15-23-22-14(2)28(15)24-16/h3-7,12H,8-11H2,1-2H3. The zero-order valence-corrected chi connectivity index (χ0v) is 15.8. The maximum atomic E-state index is 4.68. The molecule has 1 fully saturated rings. The van der Waals surface area contributed by atoms with Gasteiger partial charge >= 0.3 is 0 Å². The van der Waals surface area contributed by atoms with Crippen LogP contribution in [-0.2, 0) is 0 Å². The van der Waals surface area contributed by atoms with Gasteiger partial charge in [-0.2, -0.15) is 9.61 Å². The lowest BCUT2D eigenvalue weighted by Gasteiger charge is -2.36. The molecule has 10 nitrogen and oxygen atoms in total. The first kappa shape index (κ1) is 16.6. The van der Waals surface area contributed by atoms with Gasteiger partial charge in [0.05, 0.1) is 0 Å². The first-order valence-electron chi connectivity index (χ1n) is 9.22. The molecule has 4 aromatic rings. The van der Waals surface area contributed by atoms with Gasteiger partial charge in [0.1, 0.15) is 17.5 Å². The van der Waals surface area contributed by atoms with Crippen LogP contribution in [0.25, 0.3) is 11.5 Å². The molecule has 142 valence electrons. The SMILES string of the molecule is Cc1nc(N2CCN(c3ccc4nnc(C)n4n3)CC2)cc(-n2cccn2)n1. The molecular weight excluding hydrogens is 356 g/mol. The number of hydrogen-bond acceptors (Lipinski definition) is 8. The van der Waals surface area contributed by atoms with Gasteiger partial charge in [-0.1, -0.05) is 0 Å². The van der Waals surface area contributed by atoms with Crippen molar-refractivity contribution in [2.45, 2.75) is 13.8 Å². The fraction of sp³-hybridized carbons (Fsp3) is 0.333. The molecule has 0 spiro atoms. The number of rotatable bonds is 3. The van der Waals surface area contributed by atoms with Gasteiger partial charge in [-0.15, -0.1) is 15.3 Å². The molecule has 0 saturated carbocycles.